The topological polar surface area (TPSA) is 50.1 Å². The molecule has 1 rings (SSSR count). The van der Waals surface area contributed by atoms with Gasteiger partial charge >= 0.3 is 0 Å². The van der Waals surface area contributed by atoms with Gasteiger partial charge in [0.05, 0.1) is 0 Å². The number of nitrogen functional groups attached to an aromatic ring is 1. The van der Waals surface area contributed by atoms with Crippen LogP contribution in [0.1, 0.15) is 19.4 Å². The van der Waals surface area contributed by atoms with Gasteiger partial charge < -0.3 is 16.4 Å². The fraction of sp³-hybridized carbons (Fsp3) is 0.500. The van der Waals surface area contributed by atoms with Gasteiger partial charge in [-0.05, 0) is 30.7 Å². The molecule has 4 N–H and O–H groups in total. The zero-order valence-electron chi connectivity index (χ0n) is 9.80. The van der Waals surface area contributed by atoms with Crippen LogP contribution >= 0.6 is 0 Å². The molecule has 84 valence electrons. The van der Waals surface area contributed by atoms with Crippen LogP contribution in [0.5, 0.6) is 0 Å². The molecule has 0 heterocycles. The van der Waals surface area contributed by atoms with Crippen molar-refractivity contribution in [2.45, 2.75) is 26.8 Å². The van der Waals surface area contributed by atoms with Gasteiger partial charge in [-0.1, -0.05) is 13.8 Å². The number of nitrogens with one attached hydrogen (secondary N) is 2. The number of aryl methyl sites for hydroxylation is 1. The molecule has 15 heavy (non-hydrogen) atoms. The van der Waals surface area contributed by atoms with Gasteiger partial charge in [0.2, 0.25) is 0 Å². The molecule has 0 aliphatic heterocycles. The number of nitrogens with two attached hydrogens (primary N) is 1. The lowest BCUT2D eigenvalue weighted by Crippen LogP contribution is -2.28. The molecule has 0 bridgehead atoms. The molecule has 0 amide bonds. The first kappa shape index (κ1) is 11.9. The Morgan fingerprint density at radius 3 is 2.60 bits per heavy atom. The predicted octanol–water partition coefficient (Wildman–Crippen LogP) is 1.99. The minimum Gasteiger partial charge on any atom is -0.399 e. The van der Waals surface area contributed by atoms with Gasteiger partial charge in [-0.3, -0.25) is 0 Å². The second-order valence-electron chi connectivity index (χ2n) is 4.11. The summed E-state index contributed by atoms with van der Waals surface area (Å²) in [4.78, 5) is 0. The number of hydrogen-bond donors (Lipinski definition) is 3. The Kier molecular flexibility index (Phi) is 4.43. The van der Waals surface area contributed by atoms with Crippen molar-refractivity contribution in [3.63, 3.8) is 0 Å². The van der Waals surface area contributed by atoms with Crippen molar-refractivity contribution in [1.29, 1.82) is 0 Å². The van der Waals surface area contributed by atoms with Crippen LogP contribution < -0.4 is 16.4 Å². The highest BCUT2D eigenvalue weighted by Gasteiger charge is 1.96. The lowest BCUT2D eigenvalue weighted by atomic mass is 10.2. The summed E-state index contributed by atoms with van der Waals surface area (Å²) in [6.45, 7) is 8.22. The van der Waals surface area contributed by atoms with E-state index in [0.29, 0.717) is 6.04 Å². The van der Waals surface area contributed by atoms with Gasteiger partial charge in [0.15, 0.2) is 0 Å². The molecule has 0 atom stereocenters. The van der Waals surface area contributed by atoms with Gasteiger partial charge in [-0.25, -0.2) is 0 Å². The molecule has 3 heteroatoms. The molecular formula is C12H21N3. The first-order chi connectivity index (χ1) is 7.09. The van der Waals surface area contributed by atoms with E-state index in [1.54, 1.807) is 0 Å². The highest BCUT2D eigenvalue weighted by molar-refractivity contribution is 5.56. The molecule has 1 aromatic rings. The van der Waals surface area contributed by atoms with Crippen LogP contribution in [0.4, 0.5) is 11.4 Å². The SMILES string of the molecule is Cc1cc(NCCNC(C)C)ccc1N. The van der Waals surface area contributed by atoms with Gasteiger partial charge in [0.25, 0.3) is 0 Å². The zero-order valence-corrected chi connectivity index (χ0v) is 9.80. The second-order valence-corrected chi connectivity index (χ2v) is 4.11. The van der Waals surface area contributed by atoms with E-state index in [4.69, 9.17) is 5.73 Å². The molecule has 0 saturated carbocycles. The van der Waals surface area contributed by atoms with Crippen molar-refractivity contribution in [1.82, 2.24) is 5.32 Å². The Bertz CT molecular complexity index is 308. The third-order valence-electron chi connectivity index (χ3n) is 2.28. The van der Waals surface area contributed by atoms with E-state index in [-0.39, 0.29) is 0 Å². The van der Waals surface area contributed by atoms with Crippen molar-refractivity contribution >= 4 is 11.4 Å². The lowest BCUT2D eigenvalue weighted by Gasteiger charge is -2.11. The van der Waals surface area contributed by atoms with Gasteiger partial charge in [0.1, 0.15) is 0 Å². The smallest absolute Gasteiger partial charge is 0.0345 e. The molecule has 0 aliphatic carbocycles. The minimum absolute atomic E-state index is 0.542. The molecule has 0 spiro atoms. The van der Waals surface area contributed by atoms with E-state index < -0.39 is 0 Å². The normalized spacial score (nSPS) is 10.7. The fourth-order valence-electron chi connectivity index (χ4n) is 1.35. The highest BCUT2D eigenvalue weighted by atomic mass is 15.0. The lowest BCUT2D eigenvalue weighted by molar-refractivity contribution is 0.602. The first-order valence-electron chi connectivity index (χ1n) is 5.43. The minimum atomic E-state index is 0.542. The Morgan fingerprint density at radius 2 is 2.00 bits per heavy atom. The summed E-state index contributed by atoms with van der Waals surface area (Å²) in [5.41, 5.74) is 8.84. The van der Waals surface area contributed by atoms with E-state index in [2.05, 4.69) is 30.5 Å². The van der Waals surface area contributed by atoms with E-state index in [1.807, 2.05) is 19.1 Å². The Morgan fingerprint density at radius 1 is 1.27 bits per heavy atom. The average Bonchev–Trinajstić information content (AvgIpc) is 2.18. The summed E-state index contributed by atoms with van der Waals surface area (Å²) < 4.78 is 0. The van der Waals surface area contributed by atoms with Gasteiger partial charge in [0, 0.05) is 30.5 Å². The maximum absolute atomic E-state index is 5.74. The Balaban J connectivity index is 2.35. The van der Waals surface area contributed by atoms with Crippen molar-refractivity contribution in [3.8, 4) is 0 Å². The van der Waals surface area contributed by atoms with Crippen LogP contribution in [0.3, 0.4) is 0 Å². The van der Waals surface area contributed by atoms with Crippen LogP contribution in [0.15, 0.2) is 18.2 Å². The molecule has 1 aromatic carbocycles. The predicted molar refractivity (Wildman–Crippen MR) is 67.2 cm³/mol. The van der Waals surface area contributed by atoms with Crippen molar-refractivity contribution < 1.29 is 0 Å². The van der Waals surface area contributed by atoms with Crippen LogP contribution in [0, 0.1) is 6.92 Å². The van der Waals surface area contributed by atoms with Crippen LogP contribution in [-0.4, -0.2) is 19.1 Å². The van der Waals surface area contributed by atoms with Crippen LogP contribution in [0.25, 0.3) is 0 Å². The molecule has 0 fully saturated rings. The molecular weight excluding hydrogens is 186 g/mol. The summed E-state index contributed by atoms with van der Waals surface area (Å²) in [7, 11) is 0. The molecule has 0 aliphatic rings. The van der Waals surface area contributed by atoms with Crippen molar-refractivity contribution in [3.05, 3.63) is 23.8 Å². The number of rotatable bonds is 5. The van der Waals surface area contributed by atoms with Gasteiger partial charge in [-0.2, -0.15) is 0 Å². The Labute approximate surface area is 92.1 Å². The number of hydrogen-bond acceptors (Lipinski definition) is 3. The monoisotopic (exact) mass is 207 g/mol. The summed E-state index contributed by atoms with van der Waals surface area (Å²) in [6, 6.07) is 6.57. The summed E-state index contributed by atoms with van der Waals surface area (Å²) in [6.07, 6.45) is 0. The fourth-order valence-corrected chi connectivity index (χ4v) is 1.35. The molecule has 3 nitrogen and oxygen atoms in total. The molecule has 0 unspecified atom stereocenters. The third-order valence-corrected chi connectivity index (χ3v) is 2.28. The standard InChI is InChI=1S/C12H21N3/c1-9(2)14-6-7-15-11-4-5-12(13)10(3)8-11/h4-5,8-9,14-15H,6-7,13H2,1-3H3. The average molecular weight is 207 g/mol. The number of anilines is 2. The first-order valence-corrected chi connectivity index (χ1v) is 5.43. The van der Waals surface area contributed by atoms with Crippen molar-refractivity contribution in [2.24, 2.45) is 0 Å². The van der Waals surface area contributed by atoms with E-state index in [9.17, 15) is 0 Å². The summed E-state index contributed by atoms with van der Waals surface area (Å²) >= 11 is 0. The third kappa shape index (κ3) is 4.21. The molecule has 0 saturated heterocycles. The van der Waals surface area contributed by atoms with Gasteiger partial charge in [-0.15, -0.1) is 0 Å². The summed E-state index contributed by atoms with van der Waals surface area (Å²) in [5, 5.41) is 6.70. The maximum Gasteiger partial charge on any atom is 0.0345 e. The quantitative estimate of drug-likeness (QED) is 0.511. The second kappa shape index (κ2) is 5.61. The number of benzene rings is 1. The highest BCUT2D eigenvalue weighted by Crippen LogP contribution is 2.15. The Hall–Kier alpha value is -1.22. The van der Waals surface area contributed by atoms with Crippen molar-refractivity contribution in [2.75, 3.05) is 24.1 Å². The largest absolute Gasteiger partial charge is 0.399 e. The molecule has 0 aromatic heterocycles. The van der Waals surface area contributed by atoms with E-state index in [1.165, 1.54) is 0 Å². The van der Waals surface area contributed by atoms with E-state index >= 15 is 0 Å². The van der Waals surface area contributed by atoms with Crippen LogP contribution in [0.2, 0.25) is 0 Å². The summed E-state index contributed by atoms with van der Waals surface area (Å²) in [5.74, 6) is 0. The van der Waals surface area contributed by atoms with Crippen LogP contribution in [-0.2, 0) is 0 Å². The molecule has 0 radical (unpaired) electrons. The maximum atomic E-state index is 5.74. The van der Waals surface area contributed by atoms with E-state index in [0.717, 1.165) is 30.0 Å². The zero-order chi connectivity index (χ0) is 11.3.